The van der Waals surface area contributed by atoms with Gasteiger partial charge in [-0.2, -0.15) is 0 Å². The van der Waals surface area contributed by atoms with Gasteiger partial charge < -0.3 is 5.73 Å². The number of nitrogens with two attached hydrogens (primary N) is 1. The Morgan fingerprint density at radius 3 is 2.79 bits per heavy atom. The summed E-state index contributed by atoms with van der Waals surface area (Å²) in [5.41, 5.74) is 7.14. The first kappa shape index (κ1) is 14.2. The van der Waals surface area contributed by atoms with Gasteiger partial charge in [-0.05, 0) is 41.8 Å². The Hall–Kier alpha value is -1.26. The monoisotopic (exact) mass is 322 g/mol. The lowest BCUT2D eigenvalue weighted by atomic mass is 9.77. The second-order valence-corrected chi connectivity index (χ2v) is 5.84. The predicted molar refractivity (Wildman–Crippen MR) is 78.4 cm³/mol. The number of nitrogens with zero attached hydrogens (tertiary/aromatic N) is 1. The number of aromatic nitrogens is 1. The van der Waals surface area contributed by atoms with Crippen LogP contribution in [0, 0.1) is 5.82 Å². The molecule has 1 aromatic carbocycles. The van der Waals surface area contributed by atoms with Gasteiger partial charge in [-0.1, -0.05) is 28.9 Å². The van der Waals surface area contributed by atoms with Crippen LogP contribution in [0.2, 0.25) is 0 Å². The lowest BCUT2D eigenvalue weighted by Crippen LogP contribution is -2.35. The molecular weight excluding hydrogens is 307 g/mol. The molecule has 0 aliphatic rings. The van der Waals surface area contributed by atoms with Crippen molar-refractivity contribution in [3.63, 3.8) is 0 Å². The zero-order valence-electron chi connectivity index (χ0n) is 10.7. The molecule has 0 amide bonds. The normalized spacial score (nSPS) is 14.1. The molecule has 0 radical (unpaired) electrons. The average Bonchev–Trinajstić information content (AvgIpc) is 2.42. The minimum atomic E-state index is -0.448. The van der Waals surface area contributed by atoms with Gasteiger partial charge >= 0.3 is 0 Å². The van der Waals surface area contributed by atoms with Crippen molar-refractivity contribution in [3.05, 3.63) is 64.1 Å². The number of halogens is 2. The first-order valence-corrected chi connectivity index (χ1v) is 6.89. The molecule has 100 valence electrons. The fourth-order valence-corrected chi connectivity index (χ4v) is 2.55. The first-order chi connectivity index (χ1) is 9.05. The van der Waals surface area contributed by atoms with E-state index < -0.39 is 5.41 Å². The van der Waals surface area contributed by atoms with Crippen molar-refractivity contribution in [1.82, 2.24) is 4.98 Å². The van der Waals surface area contributed by atoms with E-state index in [9.17, 15) is 4.39 Å². The van der Waals surface area contributed by atoms with Crippen LogP contribution < -0.4 is 5.73 Å². The third-order valence-corrected chi connectivity index (χ3v) is 3.84. The summed E-state index contributed by atoms with van der Waals surface area (Å²) < 4.78 is 14.9. The van der Waals surface area contributed by atoms with E-state index in [1.807, 2.05) is 19.1 Å². The molecule has 2 aromatic rings. The summed E-state index contributed by atoms with van der Waals surface area (Å²) in [7, 11) is 0. The Morgan fingerprint density at radius 1 is 1.37 bits per heavy atom. The Kier molecular flexibility index (Phi) is 4.32. The Morgan fingerprint density at radius 2 is 2.16 bits per heavy atom. The average molecular weight is 323 g/mol. The van der Waals surface area contributed by atoms with Crippen LogP contribution in [-0.4, -0.2) is 11.5 Å². The highest BCUT2D eigenvalue weighted by Crippen LogP contribution is 2.31. The highest BCUT2D eigenvalue weighted by atomic mass is 79.9. The van der Waals surface area contributed by atoms with Gasteiger partial charge in [-0.3, -0.25) is 4.98 Å². The summed E-state index contributed by atoms with van der Waals surface area (Å²) in [4.78, 5) is 4.09. The molecule has 0 bridgehead atoms. The Bertz CT molecular complexity index is 559. The molecule has 0 fully saturated rings. The van der Waals surface area contributed by atoms with E-state index in [1.54, 1.807) is 24.5 Å². The second kappa shape index (κ2) is 5.80. The largest absolute Gasteiger partial charge is 0.330 e. The molecule has 1 unspecified atom stereocenters. The fourth-order valence-electron chi connectivity index (χ4n) is 2.19. The van der Waals surface area contributed by atoms with E-state index in [0.29, 0.717) is 18.5 Å². The molecule has 4 heteroatoms. The number of pyridine rings is 1. The molecule has 1 aromatic heterocycles. The zero-order valence-corrected chi connectivity index (χ0v) is 12.3. The van der Waals surface area contributed by atoms with E-state index in [4.69, 9.17) is 5.73 Å². The maximum Gasteiger partial charge on any atom is 0.127 e. The second-order valence-electron chi connectivity index (χ2n) is 4.93. The van der Waals surface area contributed by atoms with Crippen molar-refractivity contribution < 1.29 is 4.39 Å². The third kappa shape index (κ3) is 3.19. The summed E-state index contributed by atoms with van der Waals surface area (Å²) in [6.07, 6.45) is 4.18. The fraction of sp³-hybridized carbons (Fsp3) is 0.267. The van der Waals surface area contributed by atoms with Crippen molar-refractivity contribution in [3.8, 4) is 0 Å². The Labute approximate surface area is 121 Å². The summed E-state index contributed by atoms with van der Waals surface area (Å²) >= 11 is 3.38. The van der Waals surface area contributed by atoms with Crippen LogP contribution in [0.15, 0.2) is 47.2 Å². The summed E-state index contributed by atoms with van der Waals surface area (Å²) in [6.45, 7) is 2.35. The van der Waals surface area contributed by atoms with E-state index >= 15 is 0 Å². The molecule has 1 atom stereocenters. The molecule has 0 aliphatic heterocycles. The van der Waals surface area contributed by atoms with E-state index in [2.05, 4.69) is 20.9 Å². The molecular formula is C15H16BrFN2. The van der Waals surface area contributed by atoms with Crippen LogP contribution in [0.3, 0.4) is 0 Å². The number of benzene rings is 1. The molecule has 0 saturated carbocycles. The van der Waals surface area contributed by atoms with E-state index in [-0.39, 0.29) is 5.82 Å². The lowest BCUT2D eigenvalue weighted by molar-refractivity contribution is 0.449. The topological polar surface area (TPSA) is 38.9 Å². The van der Waals surface area contributed by atoms with E-state index in [1.165, 1.54) is 6.07 Å². The van der Waals surface area contributed by atoms with Crippen LogP contribution in [0.1, 0.15) is 18.1 Å². The zero-order chi connectivity index (χ0) is 13.9. The smallest absolute Gasteiger partial charge is 0.127 e. The standard InChI is InChI=1S/C15H16BrFN2/c1-15(10-18,8-11-3-2-6-19-9-11)13-7-12(16)4-5-14(13)17/h2-7,9H,8,10,18H2,1H3. The summed E-state index contributed by atoms with van der Waals surface area (Å²) in [5.74, 6) is -0.222. The van der Waals surface area contributed by atoms with Gasteiger partial charge in [0, 0.05) is 28.8 Å². The van der Waals surface area contributed by atoms with Crippen LogP contribution in [0.25, 0.3) is 0 Å². The van der Waals surface area contributed by atoms with Gasteiger partial charge in [-0.15, -0.1) is 0 Å². The molecule has 0 aliphatic carbocycles. The van der Waals surface area contributed by atoms with Crippen LogP contribution in [0.5, 0.6) is 0 Å². The lowest BCUT2D eigenvalue weighted by Gasteiger charge is -2.29. The predicted octanol–water partition coefficient (Wildman–Crippen LogP) is 3.44. The molecule has 2 N–H and O–H groups in total. The van der Waals surface area contributed by atoms with Gasteiger partial charge in [0.15, 0.2) is 0 Å². The minimum Gasteiger partial charge on any atom is -0.330 e. The third-order valence-electron chi connectivity index (χ3n) is 3.35. The van der Waals surface area contributed by atoms with Gasteiger partial charge in [0.05, 0.1) is 0 Å². The van der Waals surface area contributed by atoms with Crippen LogP contribution in [0.4, 0.5) is 4.39 Å². The first-order valence-electron chi connectivity index (χ1n) is 6.10. The summed E-state index contributed by atoms with van der Waals surface area (Å²) in [6, 6.07) is 8.83. The quantitative estimate of drug-likeness (QED) is 0.936. The van der Waals surface area contributed by atoms with Crippen molar-refractivity contribution in [2.24, 2.45) is 5.73 Å². The van der Waals surface area contributed by atoms with Gasteiger partial charge in [0.25, 0.3) is 0 Å². The molecule has 2 nitrogen and oxygen atoms in total. The highest BCUT2D eigenvalue weighted by molar-refractivity contribution is 9.10. The minimum absolute atomic E-state index is 0.222. The molecule has 0 saturated heterocycles. The maximum atomic E-state index is 14.1. The highest BCUT2D eigenvalue weighted by Gasteiger charge is 2.28. The number of rotatable bonds is 4. The van der Waals surface area contributed by atoms with Crippen molar-refractivity contribution in [2.45, 2.75) is 18.8 Å². The SMILES string of the molecule is CC(CN)(Cc1cccnc1)c1cc(Br)ccc1F. The van der Waals surface area contributed by atoms with E-state index in [0.717, 1.165) is 10.0 Å². The number of hydrogen-bond donors (Lipinski definition) is 1. The number of hydrogen-bond acceptors (Lipinski definition) is 2. The van der Waals surface area contributed by atoms with Crippen molar-refractivity contribution in [2.75, 3.05) is 6.54 Å². The van der Waals surface area contributed by atoms with Crippen molar-refractivity contribution >= 4 is 15.9 Å². The van der Waals surface area contributed by atoms with Crippen LogP contribution in [-0.2, 0) is 11.8 Å². The molecule has 2 rings (SSSR count). The Balaban J connectivity index is 2.39. The van der Waals surface area contributed by atoms with Gasteiger partial charge in [0.1, 0.15) is 5.82 Å². The van der Waals surface area contributed by atoms with Crippen molar-refractivity contribution in [1.29, 1.82) is 0 Å². The molecule has 19 heavy (non-hydrogen) atoms. The van der Waals surface area contributed by atoms with Crippen LogP contribution >= 0.6 is 15.9 Å². The molecule has 0 spiro atoms. The van der Waals surface area contributed by atoms with Gasteiger partial charge in [-0.25, -0.2) is 4.39 Å². The van der Waals surface area contributed by atoms with Gasteiger partial charge in [0.2, 0.25) is 0 Å². The molecule has 1 heterocycles. The summed E-state index contributed by atoms with van der Waals surface area (Å²) in [5, 5.41) is 0. The maximum absolute atomic E-state index is 14.1.